The molecule has 2 N–H and O–H groups in total. The number of fused-ring (bicyclic) bond motifs is 2. The van der Waals surface area contributed by atoms with Crippen molar-refractivity contribution in [2.45, 2.75) is 38.5 Å². The lowest BCUT2D eigenvalue weighted by atomic mass is 9.85. The number of hydrogen-bond donors (Lipinski definition) is 1. The Morgan fingerprint density at radius 3 is 2.64 bits per heavy atom. The van der Waals surface area contributed by atoms with Crippen molar-refractivity contribution in [1.82, 2.24) is 14.8 Å². The smallest absolute Gasteiger partial charge is 0.325 e. The van der Waals surface area contributed by atoms with Crippen molar-refractivity contribution >= 4 is 16.6 Å². The van der Waals surface area contributed by atoms with Gasteiger partial charge in [0, 0.05) is 48.4 Å². The van der Waals surface area contributed by atoms with Gasteiger partial charge < -0.3 is 5.73 Å². The number of alkyl halides is 3. The van der Waals surface area contributed by atoms with E-state index in [9.17, 15) is 22.4 Å². The third-order valence-corrected chi connectivity index (χ3v) is 6.48. The normalized spacial score (nSPS) is 15.9. The fourth-order valence-corrected chi connectivity index (χ4v) is 4.82. The summed E-state index contributed by atoms with van der Waals surface area (Å²) in [4.78, 5) is 17.8. The molecule has 3 heterocycles. The molecule has 0 spiro atoms. The van der Waals surface area contributed by atoms with Crippen molar-refractivity contribution in [1.29, 1.82) is 0 Å². The van der Waals surface area contributed by atoms with Gasteiger partial charge in [-0.05, 0) is 47.7 Å². The van der Waals surface area contributed by atoms with Crippen LogP contribution in [0, 0.1) is 5.82 Å². The van der Waals surface area contributed by atoms with Crippen LogP contribution in [0.15, 0.2) is 72.1 Å². The highest BCUT2D eigenvalue weighted by atomic mass is 19.4. The molecule has 4 aromatic rings. The molecule has 184 valence electrons. The Kier molecular flexibility index (Phi) is 5.96. The Bertz CT molecular complexity index is 1520. The predicted octanol–water partition coefficient (Wildman–Crippen LogP) is 5.32. The number of Topliss-reactive ketones (excluding diaryl/α,β-unsaturated/α-hetero) is 1. The molecule has 5 nitrogen and oxygen atoms in total. The van der Waals surface area contributed by atoms with E-state index in [1.165, 1.54) is 6.07 Å². The second-order valence-electron chi connectivity index (χ2n) is 8.94. The standard InChI is InChI=1S/C27H22F4N4O/c1-15-8-21-12-20(13-32)34-35(21)26(18-4-5-22(23(28)11-18)27(29,30)31)25(15)24(36)10-16-2-3-19-14-33-7-6-17(19)9-16/h2-7,9,11-12,14,26H,8,10,13,32H2,1H3. The SMILES string of the molecule is CC1=C(C(=O)Cc2ccc3cnccc3c2)C(c2ccc(C(F)(F)F)c(F)c2)n2nc(CN)cc2C1. The van der Waals surface area contributed by atoms with Gasteiger partial charge in [-0.25, -0.2) is 4.39 Å². The van der Waals surface area contributed by atoms with Crippen LogP contribution in [0.3, 0.4) is 0 Å². The molecule has 2 aromatic carbocycles. The van der Waals surface area contributed by atoms with Crippen LogP contribution in [0.4, 0.5) is 17.6 Å². The first-order valence-corrected chi connectivity index (χ1v) is 11.3. The highest BCUT2D eigenvalue weighted by Crippen LogP contribution is 2.39. The van der Waals surface area contributed by atoms with Crippen LogP contribution in [-0.4, -0.2) is 20.5 Å². The summed E-state index contributed by atoms with van der Waals surface area (Å²) in [7, 11) is 0. The quantitative estimate of drug-likeness (QED) is 0.381. The van der Waals surface area contributed by atoms with Crippen molar-refractivity contribution in [2.75, 3.05) is 0 Å². The van der Waals surface area contributed by atoms with Gasteiger partial charge in [-0.2, -0.15) is 18.3 Å². The first-order chi connectivity index (χ1) is 17.2. The lowest BCUT2D eigenvalue weighted by Gasteiger charge is -2.29. The molecular formula is C27H22F4N4O. The second-order valence-corrected chi connectivity index (χ2v) is 8.94. The summed E-state index contributed by atoms with van der Waals surface area (Å²) in [6.07, 6.45) is -0.917. The Morgan fingerprint density at radius 1 is 1.11 bits per heavy atom. The highest BCUT2D eigenvalue weighted by Gasteiger charge is 2.37. The average Bonchev–Trinajstić information content (AvgIpc) is 3.24. The van der Waals surface area contributed by atoms with Crippen LogP contribution in [0.25, 0.3) is 10.8 Å². The Labute approximate surface area is 204 Å². The van der Waals surface area contributed by atoms with Crippen molar-refractivity contribution < 1.29 is 22.4 Å². The van der Waals surface area contributed by atoms with Gasteiger partial charge in [0.15, 0.2) is 5.78 Å². The number of allylic oxidation sites excluding steroid dienone is 2. The van der Waals surface area contributed by atoms with Crippen LogP contribution in [0.5, 0.6) is 0 Å². The molecule has 5 rings (SSSR count). The number of nitrogens with zero attached hydrogens (tertiary/aromatic N) is 3. The molecule has 0 amide bonds. The summed E-state index contributed by atoms with van der Waals surface area (Å²) in [6.45, 7) is 1.97. The fraction of sp³-hybridized carbons (Fsp3) is 0.222. The van der Waals surface area contributed by atoms with Crippen LogP contribution in [0.2, 0.25) is 0 Å². The molecule has 0 radical (unpaired) electrons. The number of halogens is 4. The summed E-state index contributed by atoms with van der Waals surface area (Å²) >= 11 is 0. The number of pyridine rings is 1. The monoisotopic (exact) mass is 494 g/mol. The summed E-state index contributed by atoms with van der Waals surface area (Å²) < 4.78 is 55.7. The maximum absolute atomic E-state index is 14.6. The molecule has 9 heteroatoms. The van der Waals surface area contributed by atoms with Crippen molar-refractivity contribution in [2.24, 2.45) is 5.73 Å². The van der Waals surface area contributed by atoms with Gasteiger partial charge >= 0.3 is 6.18 Å². The number of aromatic nitrogens is 3. The summed E-state index contributed by atoms with van der Waals surface area (Å²) in [6, 6.07) is 11.2. The van der Waals surface area contributed by atoms with E-state index >= 15 is 0 Å². The average molecular weight is 494 g/mol. The highest BCUT2D eigenvalue weighted by molar-refractivity contribution is 5.99. The molecular weight excluding hydrogens is 472 g/mol. The van der Waals surface area contributed by atoms with Crippen LogP contribution in [0.1, 0.15) is 41.0 Å². The van der Waals surface area contributed by atoms with Crippen molar-refractivity contribution in [3.63, 3.8) is 0 Å². The van der Waals surface area contributed by atoms with E-state index in [-0.39, 0.29) is 24.3 Å². The topological polar surface area (TPSA) is 73.8 Å². The third-order valence-electron chi connectivity index (χ3n) is 6.48. The Balaban J connectivity index is 1.58. The number of benzene rings is 2. The molecule has 0 saturated carbocycles. The maximum Gasteiger partial charge on any atom is 0.419 e. The Hall–Kier alpha value is -3.85. The number of ketones is 1. The molecule has 1 unspecified atom stereocenters. The van der Waals surface area contributed by atoms with Crippen LogP contribution < -0.4 is 5.73 Å². The van der Waals surface area contributed by atoms with Gasteiger partial charge in [-0.15, -0.1) is 0 Å². The number of hydrogen-bond acceptors (Lipinski definition) is 4. The minimum absolute atomic E-state index is 0.0743. The van der Waals surface area contributed by atoms with Gasteiger partial charge in [0.2, 0.25) is 0 Å². The van der Waals surface area contributed by atoms with Crippen molar-refractivity contribution in [3.8, 4) is 0 Å². The van der Waals surface area contributed by atoms with E-state index in [1.54, 1.807) is 23.1 Å². The predicted molar refractivity (Wildman–Crippen MR) is 127 cm³/mol. The number of carbonyl (C=O) groups is 1. The van der Waals surface area contributed by atoms with Crippen LogP contribution >= 0.6 is 0 Å². The zero-order chi connectivity index (χ0) is 25.6. The number of rotatable bonds is 5. The van der Waals surface area contributed by atoms with Crippen LogP contribution in [-0.2, 0) is 30.4 Å². The maximum atomic E-state index is 14.6. The molecule has 0 saturated heterocycles. The Morgan fingerprint density at radius 2 is 1.92 bits per heavy atom. The lowest BCUT2D eigenvalue weighted by molar-refractivity contribution is -0.140. The van der Waals surface area contributed by atoms with Gasteiger partial charge in [-0.1, -0.05) is 29.8 Å². The van der Waals surface area contributed by atoms with Crippen molar-refractivity contribution in [3.05, 3.63) is 106 Å². The molecule has 0 aliphatic carbocycles. The lowest BCUT2D eigenvalue weighted by Crippen LogP contribution is -2.28. The van der Waals surface area contributed by atoms with E-state index in [1.807, 2.05) is 31.2 Å². The fourth-order valence-electron chi connectivity index (χ4n) is 4.82. The summed E-state index contributed by atoms with van der Waals surface area (Å²) in [5, 5.41) is 6.37. The summed E-state index contributed by atoms with van der Waals surface area (Å²) in [5.74, 6) is -1.60. The minimum Gasteiger partial charge on any atom is -0.325 e. The van der Waals surface area contributed by atoms with Gasteiger partial charge in [0.25, 0.3) is 0 Å². The molecule has 0 fully saturated rings. The first kappa shape index (κ1) is 23.9. The van der Waals surface area contributed by atoms with E-state index in [4.69, 9.17) is 5.73 Å². The van der Waals surface area contributed by atoms with Gasteiger partial charge in [-0.3, -0.25) is 14.5 Å². The molecule has 0 bridgehead atoms. The molecule has 1 aliphatic heterocycles. The number of nitrogens with two attached hydrogens (primary N) is 1. The van der Waals surface area contributed by atoms with E-state index in [0.717, 1.165) is 33.7 Å². The zero-order valence-corrected chi connectivity index (χ0v) is 19.3. The second kappa shape index (κ2) is 8.98. The largest absolute Gasteiger partial charge is 0.419 e. The minimum atomic E-state index is -4.82. The van der Waals surface area contributed by atoms with Gasteiger partial charge in [0.05, 0.1) is 11.3 Å². The first-order valence-electron chi connectivity index (χ1n) is 11.3. The molecule has 1 aliphatic rings. The molecule has 2 aromatic heterocycles. The van der Waals surface area contributed by atoms with E-state index in [2.05, 4.69) is 10.1 Å². The molecule has 1 atom stereocenters. The van der Waals surface area contributed by atoms with E-state index < -0.39 is 23.6 Å². The van der Waals surface area contributed by atoms with Gasteiger partial charge in [0.1, 0.15) is 11.9 Å². The molecule has 36 heavy (non-hydrogen) atoms. The third kappa shape index (κ3) is 4.30. The number of carbonyl (C=O) groups excluding carboxylic acids is 1. The zero-order valence-electron chi connectivity index (χ0n) is 19.3. The van der Waals surface area contributed by atoms with E-state index in [0.29, 0.717) is 23.8 Å². The summed E-state index contributed by atoms with van der Waals surface area (Å²) in [5.41, 5.74) is 7.88.